The number of anilines is 1. The van der Waals surface area contributed by atoms with Gasteiger partial charge in [0.1, 0.15) is 10.7 Å². The third-order valence-electron chi connectivity index (χ3n) is 3.11. The van der Waals surface area contributed by atoms with Crippen LogP contribution in [-0.4, -0.2) is 5.91 Å². The van der Waals surface area contributed by atoms with Crippen molar-refractivity contribution >= 4 is 44.6 Å². The van der Waals surface area contributed by atoms with E-state index in [0.29, 0.717) is 25.7 Å². The first kappa shape index (κ1) is 14.0. The zero-order valence-electron chi connectivity index (χ0n) is 11.1. The van der Waals surface area contributed by atoms with E-state index < -0.39 is 0 Å². The average Bonchev–Trinajstić information content (AvgIpc) is 2.78. The van der Waals surface area contributed by atoms with Crippen molar-refractivity contribution in [3.8, 4) is 0 Å². The highest BCUT2D eigenvalue weighted by molar-refractivity contribution is 7.21. The van der Waals surface area contributed by atoms with Gasteiger partial charge in [-0.25, -0.2) is 4.39 Å². The van der Waals surface area contributed by atoms with Gasteiger partial charge < -0.3 is 5.32 Å². The minimum Gasteiger partial charge on any atom is -0.321 e. The van der Waals surface area contributed by atoms with Gasteiger partial charge in [-0.3, -0.25) is 4.79 Å². The number of halogens is 2. The van der Waals surface area contributed by atoms with Crippen LogP contribution in [0.25, 0.3) is 10.1 Å². The number of aryl methyl sites for hydroxylation is 1. The quantitative estimate of drug-likeness (QED) is 0.686. The highest BCUT2D eigenvalue weighted by atomic mass is 35.5. The molecule has 0 spiro atoms. The Balaban J connectivity index is 1.94. The van der Waals surface area contributed by atoms with Crippen molar-refractivity contribution in [3.63, 3.8) is 0 Å². The monoisotopic (exact) mass is 319 g/mol. The van der Waals surface area contributed by atoms with Gasteiger partial charge in [0.25, 0.3) is 5.91 Å². The molecular formula is C16H11ClFNOS. The van der Waals surface area contributed by atoms with Crippen LogP contribution in [0.4, 0.5) is 10.1 Å². The van der Waals surface area contributed by atoms with Gasteiger partial charge in [0.15, 0.2) is 0 Å². The SMILES string of the molecule is Cc1ccc(NC(=O)c2sc3cc(F)ccc3c2Cl)cc1. The van der Waals surface area contributed by atoms with Crippen molar-refractivity contribution in [2.75, 3.05) is 5.32 Å². The van der Waals surface area contributed by atoms with E-state index >= 15 is 0 Å². The number of thiophene rings is 1. The Bertz CT molecular complexity index is 826. The van der Waals surface area contributed by atoms with Gasteiger partial charge in [-0.2, -0.15) is 0 Å². The molecule has 3 rings (SSSR count). The summed E-state index contributed by atoms with van der Waals surface area (Å²) in [5.41, 5.74) is 1.81. The lowest BCUT2D eigenvalue weighted by atomic mass is 10.2. The van der Waals surface area contributed by atoms with Crippen LogP contribution in [0.5, 0.6) is 0 Å². The van der Waals surface area contributed by atoms with E-state index in [9.17, 15) is 9.18 Å². The molecule has 2 nitrogen and oxygen atoms in total. The lowest BCUT2D eigenvalue weighted by Crippen LogP contribution is -2.10. The first-order chi connectivity index (χ1) is 10.0. The molecule has 2 aromatic carbocycles. The molecule has 106 valence electrons. The number of fused-ring (bicyclic) bond motifs is 1. The lowest BCUT2D eigenvalue weighted by molar-refractivity contribution is 0.103. The fourth-order valence-corrected chi connectivity index (χ4v) is 3.45. The molecule has 1 aromatic heterocycles. The second-order valence-electron chi connectivity index (χ2n) is 4.71. The standard InChI is InChI=1S/C16H11ClFNOS/c1-9-2-5-11(6-3-9)19-16(20)15-14(17)12-7-4-10(18)8-13(12)21-15/h2-8H,1H3,(H,19,20). The van der Waals surface area contributed by atoms with Crippen molar-refractivity contribution in [1.82, 2.24) is 0 Å². The van der Waals surface area contributed by atoms with Crippen LogP contribution in [-0.2, 0) is 0 Å². The first-order valence-corrected chi connectivity index (χ1v) is 7.49. The van der Waals surface area contributed by atoms with E-state index in [1.54, 1.807) is 6.07 Å². The summed E-state index contributed by atoms with van der Waals surface area (Å²) in [6.07, 6.45) is 0. The normalized spacial score (nSPS) is 10.8. The number of nitrogens with one attached hydrogen (secondary N) is 1. The van der Waals surface area contributed by atoms with Crippen LogP contribution in [0.3, 0.4) is 0 Å². The highest BCUT2D eigenvalue weighted by Gasteiger charge is 2.17. The van der Waals surface area contributed by atoms with E-state index in [1.165, 1.54) is 23.5 Å². The molecule has 1 amide bonds. The zero-order chi connectivity index (χ0) is 15.0. The maximum Gasteiger partial charge on any atom is 0.267 e. The molecule has 3 aromatic rings. The van der Waals surface area contributed by atoms with Gasteiger partial charge in [0.05, 0.1) is 5.02 Å². The zero-order valence-corrected chi connectivity index (χ0v) is 12.7. The van der Waals surface area contributed by atoms with Crippen molar-refractivity contribution in [3.05, 3.63) is 63.7 Å². The highest BCUT2D eigenvalue weighted by Crippen LogP contribution is 2.36. The average molecular weight is 320 g/mol. The Labute approximate surface area is 130 Å². The molecule has 0 saturated heterocycles. The number of carbonyl (C=O) groups is 1. The Morgan fingerprint density at radius 2 is 1.90 bits per heavy atom. The van der Waals surface area contributed by atoms with Crippen molar-refractivity contribution in [1.29, 1.82) is 0 Å². The van der Waals surface area contributed by atoms with E-state index in [-0.39, 0.29) is 11.7 Å². The molecule has 21 heavy (non-hydrogen) atoms. The fraction of sp³-hybridized carbons (Fsp3) is 0.0625. The van der Waals surface area contributed by atoms with Gasteiger partial charge in [0, 0.05) is 15.8 Å². The summed E-state index contributed by atoms with van der Waals surface area (Å²) in [6.45, 7) is 1.98. The van der Waals surface area contributed by atoms with E-state index in [2.05, 4.69) is 5.32 Å². The second kappa shape index (κ2) is 5.47. The van der Waals surface area contributed by atoms with E-state index in [0.717, 1.165) is 5.56 Å². The third kappa shape index (κ3) is 2.77. The van der Waals surface area contributed by atoms with Crippen LogP contribution in [0.2, 0.25) is 5.02 Å². The van der Waals surface area contributed by atoms with Crippen LogP contribution >= 0.6 is 22.9 Å². The fourth-order valence-electron chi connectivity index (χ4n) is 2.01. The van der Waals surface area contributed by atoms with Gasteiger partial charge in [-0.1, -0.05) is 29.3 Å². The number of rotatable bonds is 2. The van der Waals surface area contributed by atoms with Gasteiger partial charge in [-0.15, -0.1) is 11.3 Å². The molecule has 1 N–H and O–H groups in total. The first-order valence-electron chi connectivity index (χ1n) is 6.30. The van der Waals surface area contributed by atoms with E-state index in [1.807, 2.05) is 31.2 Å². The Kier molecular flexibility index (Phi) is 3.66. The van der Waals surface area contributed by atoms with Crippen molar-refractivity contribution in [2.45, 2.75) is 6.92 Å². The van der Waals surface area contributed by atoms with Crippen molar-refractivity contribution < 1.29 is 9.18 Å². The number of hydrogen-bond acceptors (Lipinski definition) is 2. The van der Waals surface area contributed by atoms with Gasteiger partial charge in [0.2, 0.25) is 0 Å². The lowest BCUT2D eigenvalue weighted by Gasteiger charge is -2.04. The summed E-state index contributed by atoms with van der Waals surface area (Å²) in [7, 11) is 0. The molecule has 0 bridgehead atoms. The Morgan fingerprint density at radius 1 is 1.19 bits per heavy atom. The molecule has 5 heteroatoms. The number of hydrogen-bond donors (Lipinski definition) is 1. The predicted octanol–water partition coefficient (Wildman–Crippen LogP) is 5.25. The van der Waals surface area contributed by atoms with Gasteiger partial charge in [-0.05, 0) is 37.3 Å². The number of carbonyl (C=O) groups excluding carboxylic acids is 1. The van der Waals surface area contributed by atoms with Crippen LogP contribution in [0, 0.1) is 12.7 Å². The molecule has 0 aliphatic rings. The molecule has 0 radical (unpaired) electrons. The second-order valence-corrected chi connectivity index (χ2v) is 6.14. The molecular weight excluding hydrogens is 309 g/mol. The minimum atomic E-state index is -0.342. The molecule has 0 aliphatic carbocycles. The predicted molar refractivity (Wildman–Crippen MR) is 85.9 cm³/mol. The minimum absolute atomic E-state index is 0.287. The molecule has 0 saturated carbocycles. The smallest absolute Gasteiger partial charge is 0.267 e. The molecule has 0 atom stereocenters. The third-order valence-corrected chi connectivity index (χ3v) is 4.76. The molecule has 0 unspecified atom stereocenters. The molecule has 1 heterocycles. The van der Waals surface area contributed by atoms with Crippen LogP contribution < -0.4 is 5.32 Å². The van der Waals surface area contributed by atoms with Gasteiger partial charge >= 0.3 is 0 Å². The molecule has 0 aliphatic heterocycles. The molecule has 0 fully saturated rings. The Hall–Kier alpha value is -1.91. The topological polar surface area (TPSA) is 29.1 Å². The number of benzene rings is 2. The summed E-state index contributed by atoms with van der Waals surface area (Å²) in [5, 5.41) is 3.85. The Morgan fingerprint density at radius 3 is 2.62 bits per heavy atom. The van der Waals surface area contributed by atoms with Crippen molar-refractivity contribution in [2.24, 2.45) is 0 Å². The summed E-state index contributed by atoms with van der Waals surface area (Å²) in [5.74, 6) is -0.628. The summed E-state index contributed by atoms with van der Waals surface area (Å²) in [4.78, 5) is 12.7. The maximum absolute atomic E-state index is 13.2. The van der Waals surface area contributed by atoms with Crippen LogP contribution in [0.1, 0.15) is 15.2 Å². The summed E-state index contributed by atoms with van der Waals surface area (Å²) >= 11 is 7.41. The maximum atomic E-state index is 13.2. The number of amides is 1. The summed E-state index contributed by atoms with van der Waals surface area (Å²) < 4.78 is 13.9. The largest absolute Gasteiger partial charge is 0.321 e. The van der Waals surface area contributed by atoms with E-state index in [4.69, 9.17) is 11.6 Å². The summed E-state index contributed by atoms with van der Waals surface area (Å²) in [6, 6.07) is 11.8. The van der Waals surface area contributed by atoms with Crippen LogP contribution in [0.15, 0.2) is 42.5 Å².